The van der Waals surface area contributed by atoms with Crippen LogP contribution in [0.3, 0.4) is 0 Å². The van der Waals surface area contributed by atoms with Gasteiger partial charge >= 0.3 is 0 Å². The molecule has 6 heteroatoms. The predicted octanol–water partition coefficient (Wildman–Crippen LogP) is 3.70. The molecule has 0 aliphatic carbocycles. The molecule has 1 heterocycles. The zero-order chi connectivity index (χ0) is 18.7. The van der Waals surface area contributed by atoms with Crippen LogP contribution in [0, 0.1) is 13.8 Å². The Labute approximate surface area is 151 Å². The van der Waals surface area contributed by atoms with Crippen LogP contribution < -0.4 is 10.6 Å². The van der Waals surface area contributed by atoms with Crippen molar-refractivity contribution in [1.82, 2.24) is 9.78 Å². The second-order valence-corrected chi connectivity index (χ2v) is 6.01. The van der Waals surface area contributed by atoms with E-state index < -0.39 is 0 Å². The van der Waals surface area contributed by atoms with Crippen molar-refractivity contribution in [3.8, 4) is 5.69 Å². The summed E-state index contributed by atoms with van der Waals surface area (Å²) < 4.78 is 1.81. The van der Waals surface area contributed by atoms with Gasteiger partial charge in [-0.3, -0.25) is 9.59 Å². The maximum atomic E-state index is 12.6. The van der Waals surface area contributed by atoms with Crippen molar-refractivity contribution in [2.45, 2.75) is 20.8 Å². The molecule has 3 rings (SSSR count). The third-order valence-corrected chi connectivity index (χ3v) is 4.00. The average Bonchev–Trinajstić information content (AvgIpc) is 2.91. The SMILES string of the molecule is CC(=O)Nc1ccc(C(=O)Nc2c(C)nn(-c3ccccc3)c2C)cc1. The van der Waals surface area contributed by atoms with E-state index in [1.165, 1.54) is 6.92 Å². The number of hydrogen-bond donors (Lipinski definition) is 2. The second kappa shape index (κ2) is 7.23. The normalized spacial score (nSPS) is 10.4. The molecule has 0 atom stereocenters. The smallest absolute Gasteiger partial charge is 0.255 e. The van der Waals surface area contributed by atoms with Gasteiger partial charge in [-0.2, -0.15) is 5.10 Å². The molecule has 2 aromatic carbocycles. The molecule has 6 nitrogen and oxygen atoms in total. The Morgan fingerprint density at radius 3 is 2.19 bits per heavy atom. The number of nitrogens with one attached hydrogen (secondary N) is 2. The molecule has 0 bridgehead atoms. The van der Waals surface area contributed by atoms with Crippen LogP contribution in [0.4, 0.5) is 11.4 Å². The Morgan fingerprint density at radius 1 is 0.923 bits per heavy atom. The van der Waals surface area contributed by atoms with Crippen LogP contribution in [0.2, 0.25) is 0 Å². The number of carbonyl (C=O) groups is 2. The van der Waals surface area contributed by atoms with Crippen molar-refractivity contribution in [3.63, 3.8) is 0 Å². The van der Waals surface area contributed by atoms with Crippen molar-refractivity contribution in [2.24, 2.45) is 0 Å². The maximum Gasteiger partial charge on any atom is 0.255 e. The second-order valence-electron chi connectivity index (χ2n) is 6.01. The van der Waals surface area contributed by atoms with Crippen molar-refractivity contribution in [2.75, 3.05) is 10.6 Å². The van der Waals surface area contributed by atoms with E-state index >= 15 is 0 Å². The van der Waals surface area contributed by atoms with E-state index in [0.29, 0.717) is 16.9 Å². The van der Waals surface area contributed by atoms with Gasteiger partial charge in [0.15, 0.2) is 0 Å². The highest BCUT2D eigenvalue weighted by atomic mass is 16.2. The van der Waals surface area contributed by atoms with Crippen molar-refractivity contribution < 1.29 is 9.59 Å². The van der Waals surface area contributed by atoms with Crippen molar-refractivity contribution in [3.05, 3.63) is 71.5 Å². The van der Waals surface area contributed by atoms with E-state index in [4.69, 9.17) is 0 Å². The van der Waals surface area contributed by atoms with Gasteiger partial charge in [0.05, 0.1) is 22.8 Å². The van der Waals surface area contributed by atoms with Gasteiger partial charge in [-0.05, 0) is 50.2 Å². The van der Waals surface area contributed by atoms with Gasteiger partial charge in [-0.25, -0.2) is 4.68 Å². The van der Waals surface area contributed by atoms with E-state index in [-0.39, 0.29) is 11.8 Å². The van der Waals surface area contributed by atoms with E-state index in [9.17, 15) is 9.59 Å². The lowest BCUT2D eigenvalue weighted by Gasteiger charge is -2.08. The summed E-state index contributed by atoms with van der Waals surface area (Å²) in [5.41, 5.74) is 4.40. The zero-order valence-electron chi connectivity index (χ0n) is 14.9. The number of anilines is 2. The molecule has 0 unspecified atom stereocenters. The zero-order valence-corrected chi connectivity index (χ0v) is 14.9. The van der Waals surface area contributed by atoms with Crippen LogP contribution in [0.5, 0.6) is 0 Å². The van der Waals surface area contributed by atoms with Crippen LogP contribution >= 0.6 is 0 Å². The minimum absolute atomic E-state index is 0.151. The molecule has 1 aromatic heterocycles. The number of para-hydroxylation sites is 1. The molecule has 0 aliphatic rings. The lowest BCUT2D eigenvalue weighted by atomic mass is 10.2. The number of aromatic nitrogens is 2. The number of nitrogens with zero attached hydrogens (tertiary/aromatic N) is 2. The van der Waals surface area contributed by atoms with Gasteiger partial charge in [-0.1, -0.05) is 18.2 Å². The summed E-state index contributed by atoms with van der Waals surface area (Å²) in [5.74, 6) is -0.375. The topological polar surface area (TPSA) is 76.0 Å². The standard InChI is InChI=1S/C20H20N4O2/c1-13-19(14(2)24(23-13)18-7-5-4-6-8-18)22-20(26)16-9-11-17(12-10-16)21-15(3)25/h4-12H,1-3H3,(H,21,25)(H,22,26). The third-order valence-electron chi connectivity index (χ3n) is 4.00. The first-order valence-electron chi connectivity index (χ1n) is 8.26. The molecule has 0 spiro atoms. The Morgan fingerprint density at radius 2 is 1.58 bits per heavy atom. The number of benzene rings is 2. The highest BCUT2D eigenvalue weighted by molar-refractivity contribution is 6.05. The van der Waals surface area contributed by atoms with Crippen LogP contribution in [-0.2, 0) is 4.79 Å². The van der Waals surface area contributed by atoms with Crippen molar-refractivity contribution in [1.29, 1.82) is 0 Å². The Kier molecular flexibility index (Phi) is 4.84. The Bertz CT molecular complexity index is 944. The van der Waals surface area contributed by atoms with Crippen LogP contribution in [0.25, 0.3) is 5.69 Å². The molecule has 0 saturated carbocycles. The fourth-order valence-corrected chi connectivity index (χ4v) is 2.74. The molecule has 0 fully saturated rings. The molecule has 0 aliphatic heterocycles. The van der Waals surface area contributed by atoms with Crippen LogP contribution in [0.15, 0.2) is 54.6 Å². The molecule has 0 radical (unpaired) electrons. The van der Waals surface area contributed by atoms with Crippen LogP contribution in [0.1, 0.15) is 28.7 Å². The van der Waals surface area contributed by atoms with E-state index in [0.717, 1.165) is 17.1 Å². The summed E-state index contributed by atoms with van der Waals surface area (Å²) in [6.45, 7) is 5.22. The fraction of sp³-hybridized carbons (Fsp3) is 0.150. The predicted molar refractivity (Wildman–Crippen MR) is 102 cm³/mol. The van der Waals surface area contributed by atoms with E-state index in [1.54, 1.807) is 24.3 Å². The van der Waals surface area contributed by atoms with Gasteiger partial charge in [0.25, 0.3) is 5.91 Å². The lowest BCUT2D eigenvalue weighted by molar-refractivity contribution is -0.114. The van der Waals surface area contributed by atoms with Gasteiger partial charge < -0.3 is 10.6 Å². The average molecular weight is 348 g/mol. The minimum atomic E-state index is -0.224. The van der Waals surface area contributed by atoms with Gasteiger partial charge in [-0.15, -0.1) is 0 Å². The molecular weight excluding hydrogens is 328 g/mol. The molecule has 2 amide bonds. The molecule has 132 valence electrons. The van der Waals surface area contributed by atoms with Gasteiger partial charge in [0.1, 0.15) is 0 Å². The Balaban J connectivity index is 1.82. The number of hydrogen-bond acceptors (Lipinski definition) is 3. The molecule has 26 heavy (non-hydrogen) atoms. The number of amides is 2. The van der Waals surface area contributed by atoms with Crippen molar-refractivity contribution >= 4 is 23.2 Å². The first kappa shape index (κ1) is 17.4. The number of carbonyl (C=O) groups excluding carboxylic acids is 2. The van der Waals surface area contributed by atoms with Gasteiger partial charge in [0.2, 0.25) is 5.91 Å². The lowest BCUT2D eigenvalue weighted by Crippen LogP contribution is -2.13. The maximum absolute atomic E-state index is 12.6. The number of rotatable bonds is 4. The summed E-state index contributed by atoms with van der Waals surface area (Å²) in [6, 6.07) is 16.5. The first-order valence-corrected chi connectivity index (χ1v) is 8.26. The molecule has 2 N–H and O–H groups in total. The monoisotopic (exact) mass is 348 g/mol. The molecule has 3 aromatic rings. The summed E-state index contributed by atoms with van der Waals surface area (Å²) in [5, 5.41) is 10.1. The van der Waals surface area contributed by atoms with Crippen LogP contribution in [-0.4, -0.2) is 21.6 Å². The molecule has 0 saturated heterocycles. The van der Waals surface area contributed by atoms with Gasteiger partial charge in [0, 0.05) is 18.2 Å². The highest BCUT2D eigenvalue weighted by Crippen LogP contribution is 2.23. The summed E-state index contributed by atoms with van der Waals surface area (Å²) in [6.07, 6.45) is 0. The number of aryl methyl sites for hydroxylation is 1. The first-order chi connectivity index (χ1) is 12.5. The highest BCUT2D eigenvalue weighted by Gasteiger charge is 2.16. The Hall–Kier alpha value is -3.41. The summed E-state index contributed by atoms with van der Waals surface area (Å²) >= 11 is 0. The van der Waals surface area contributed by atoms with E-state index in [1.807, 2.05) is 48.9 Å². The fourth-order valence-electron chi connectivity index (χ4n) is 2.74. The molecular formula is C20H20N4O2. The third kappa shape index (κ3) is 3.64. The largest absolute Gasteiger partial charge is 0.326 e. The quantitative estimate of drug-likeness (QED) is 0.755. The summed E-state index contributed by atoms with van der Waals surface area (Å²) in [7, 11) is 0. The summed E-state index contributed by atoms with van der Waals surface area (Å²) in [4.78, 5) is 23.6. The van der Waals surface area contributed by atoms with E-state index in [2.05, 4.69) is 15.7 Å². The minimum Gasteiger partial charge on any atom is -0.326 e.